The second-order valence-electron chi connectivity index (χ2n) is 8.30. The predicted octanol–water partition coefficient (Wildman–Crippen LogP) is 7.05. The van der Waals surface area contributed by atoms with E-state index in [1.165, 1.54) is 105 Å². The molecule has 0 saturated heterocycles. The molecule has 0 aromatic carbocycles. The summed E-state index contributed by atoms with van der Waals surface area (Å²) in [6.45, 7) is 4.29. The minimum absolute atomic E-state index is 0.893. The van der Waals surface area contributed by atoms with Crippen LogP contribution in [0.5, 0.6) is 0 Å². The van der Waals surface area contributed by atoms with Crippen LogP contribution in [0, 0.1) is 0 Å². The minimum atomic E-state index is 0.893. The van der Waals surface area contributed by atoms with E-state index in [1.54, 1.807) is 0 Å². The third kappa shape index (κ3) is 22.4. The molecule has 0 aromatic heterocycles. The molecule has 0 unspecified atom stereocenters. The quantitative estimate of drug-likeness (QED) is 0.136. The van der Waals surface area contributed by atoms with Crippen LogP contribution < -0.4 is 0 Å². The lowest BCUT2D eigenvalue weighted by molar-refractivity contribution is -0.870. The predicted molar refractivity (Wildman–Crippen MR) is 111 cm³/mol. The first-order chi connectivity index (χ1) is 11.6. The lowest BCUT2D eigenvalue weighted by Gasteiger charge is -2.27. The molecule has 0 amide bonds. The van der Waals surface area contributed by atoms with E-state index >= 15 is 0 Å². The molecule has 0 bridgehead atoms. The molecule has 0 aliphatic rings. The van der Waals surface area contributed by atoms with Crippen molar-refractivity contribution in [1.82, 2.24) is 0 Å². The molecule has 3 heteroatoms. The highest BCUT2D eigenvalue weighted by atomic mass is 31.1. The fraction of sp³-hybridized carbons (Fsp3) is 1.00. The van der Waals surface area contributed by atoms with Gasteiger partial charge in [0.25, 0.3) is 0 Å². The molecule has 146 valence electrons. The van der Waals surface area contributed by atoms with Gasteiger partial charge in [-0.2, -0.15) is 6.16 Å². The maximum Gasteiger partial charge on any atom is 0.0989 e. The average molecular weight is 360 g/mol. The highest BCUT2D eigenvalue weighted by molar-refractivity contribution is 7.32. The summed E-state index contributed by atoms with van der Waals surface area (Å²) in [5.41, 5.74) is 0. The van der Waals surface area contributed by atoms with Gasteiger partial charge in [0.2, 0.25) is 0 Å². The summed E-state index contributed by atoms with van der Waals surface area (Å²) in [6, 6.07) is 0. The average Bonchev–Trinajstić information content (AvgIpc) is 2.52. The first kappa shape index (κ1) is 24.4. The van der Waals surface area contributed by atoms with E-state index in [0.29, 0.717) is 0 Å². The van der Waals surface area contributed by atoms with Crippen LogP contribution in [-0.4, -0.2) is 44.9 Å². The molecule has 0 fully saturated rings. The van der Waals surface area contributed by atoms with E-state index in [4.69, 9.17) is 4.52 Å². The van der Waals surface area contributed by atoms with Crippen LogP contribution in [0.3, 0.4) is 0 Å². The van der Waals surface area contributed by atoms with Crippen LogP contribution in [0.25, 0.3) is 0 Å². The molecule has 0 heterocycles. The first-order valence-electron chi connectivity index (χ1n) is 10.7. The summed E-state index contributed by atoms with van der Waals surface area (Å²) in [7, 11) is 7.84. The van der Waals surface area contributed by atoms with Crippen LogP contribution in [0.2, 0.25) is 0 Å². The maximum absolute atomic E-state index is 5.68. The number of likely N-dealkylation sites (N-methyl/N-ethyl adjacent to an activating group) is 1. The Hall–Kier alpha value is 0.350. The van der Waals surface area contributed by atoms with E-state index in [1.807, 2.05) is 0 Å². The minimum Gasteiger partial charge on any atom is -0.553 e. The van der Waals surface area contributed by atoms with Gasteiger partial charge in [0.05, 0.1) is 34.3 Å². The van der Waals surface area contributed by atoms with E-state index in [0.717, 1.165) is 17.6 Å². The Labute approximate surface area is 155 Å². The first-order valence-corrected chi connectivity index (χ1v) is 11.7. The zero-order valence-electron chi connectivity index (χ0n) is 17.3. The number of unbranched alkanes of at least 4 members (excludes halogenated alkanes) is 13. The summed E-state index contributed by atoms with van der Waals surface area (Å²) < 4.78 is 6.67. The van der Waals surface area contributed by atoms with E-state index in [2.05, 4.69) is 28.1 Å². The van der Waals surface area contributed by atoms with Crippen LogP contribution >= 0.6 is 8.81 Å². The highest BCUT2D eigenvalue weighted by Gasteiger charge is 2.03. The third-order valence-corrected chi connectivity index (χ3v) is 5.41. The second kappa shape index (κ2) is 18.2. The second-order valence-corrected chi connectivity index (χ2v) is 9.26. The van der Waals surface area contributed by atoms with Crippen molar-refractivity contribution in [3.8, 4) is 0 Å². The molecule has 24 heavy (non-hydrogen) atoms. The van der Waals surface area contributed by atoms with Gasteiger partial charge in [0, 0.05) is 0 Å². The summed E-state index contributed by atoms with van der Waals surface area (Å²) in [4.78, 5) is 0. The van der Waals surface area contributed by atoms with Gasteiger partial charge in [-0.15, -0.1) is 0 Å². The van der Waals surface area contributed by atoms with Crippen molar-refractivity contribution in [1.29, 1.82) is 0 Å². The summed E-state index contributed by atoms with van der Waals surface area (Å²) >= 11 is 0. The lowest BCUT2D eigenvalue weighted by atomic mass is 10.0. The van der Waals surface area contributed by atoms with Gasteiger partial charge < -0.3 is 17.8 Å². The van der Waals surface area contributed by atoms with Crippen molar-refractivity contribution >= 4 is 8.81 Å². The summed E-state index contributed by atoms with van der Waals surface area (Å²) in [6.07, 6.45) is 21.3. The number of rotatable bonds is 19. The molecular weight excluding hydrogens is 313 g/mol. The smallest absolute Gasteiger partial charge is 0.0989 e. The lowest BCUT2D eigenvalue weighted by Crippen LogP contribution is -2.37. The zero-order valence-corrected chi connectivity index (χ0v) is 18.2. The van der Waals surface area contributed by atoms with Crippen LogP contribution in [0.4, 0.5) is 0 Å². The molecule has 0 radical (unpaired) electrons. The SMILES string of the molecule is CCCCCCCCCCCCCCCC[P-]OCC[N+](C)(C)C. The molecule has 0 aliphatic heterocycles. The topological polar surface area (TPSA) is 9.23 Å². The van der Waals surface area contributed by atoms with Crippen molar-refractivity contribution < 1.29 is 9.01 Å². The third-order valence-electron chi connectivity index (χ3n) is 4.55. The van der Waals surface area contributed by atoms with Crippen LogP contribution in [0.15, 0.2) is 0 Å². The van der Waals surface area contributed by atoms with E-state index in [9.17, 15) is 0 Å². The van der Waals surface area contributed by atoms with Crippen molar-refractivity contribution in [3.63, 3.8) is 0 Å². The molecule has 0 aliphatic carbocycles. The van der Waals surface area contributed by atoms with Crippen molar-refractivity contribution in [2.24, 2.45) is 0 Å². The zero-order chi connectivity index (χ0) is 17.9. The van der Waals surface area contributed by atoms with Gasteiger partial charge in [-0.05, 0) is 0 Å². The van der Waals surface area contributed by atoms with Crippen LogP contribution in [-0.2, 0) is 4.52 Å². The molecule has 0 aromatic rings. The van der Waals surface area contributed by atoms with Gasteiger partial charge in [0.1, 0.15) is 0 Å². The van der Waals surface area contributed by atoms with Gasteiger partial charge in [-0.25, -0.2) is 0 Å². The number of quaternary nitrogens is 1. The number of hydrogen-bond acceptors (Lipinski definition) is 1. The van der Waals surface area contributed by atoms with Crippen molar-refractivity contribution in [3.05, 3.63) is 0 Å². The Balaban J connectivity index is 3.00. The van der Waals surface area contributed by atoms with E-state index < -0.39 is 0 Å². The normalized spacial score (nSPS) is 12.5. The fourth-order valence-corrected chi connectivity index (χ4v) is 3.51. The largest absolute Gasteiger partial charge is 0.553 e. The van der Waals surface area contributed by atoms with Crippen molar-refractivity contribution in [2.75, 3.05) is 40.5 Å². The summed E-state index contributed by atoms with van der Waals surface area (Å²) in [5.74, 6) is 0. The highest BCUT2D eigenvalue weighted by Crippen LogP contribution is 2.17. The standard InChI is InChI=1S/C21H46NOP/c1-5-6-7-8-9-10-11-12-13-14-15-16-17-18-21-24-23-20-19-22(2,3)4/h5-21H2,1-4H3. The Bertz CT molecular complexity index is 240. The molecule has 0 saturated carbocycles. The van der Waals surface area contributed by atoms with Crippen LogP contribution in [0.1, 0.15) is 96.8 Å². The monoisotopic (exact) mass is 359 g/mol. The maximum atomic E-state index is 5.68. The van der Waals surface area contributed by atoms with Gasteiger partial charge in [-0.1, -0.05) is 96.8 Å². The molecular formula is C21H46NOP. The molecule has 0 rings (SSSR count). The Morgan fingerprint density at radius 1 is 0.625 bits per heavy atom. The van der Waals surface area contributed by atoms with E-state index in [-0.39, 0.29) is 0 Å². The molecule has 0 spiro atoms. The molecule has 0 atom stereocenters. The summed E-state index contributed by atoms with van der Waals surface area (Å²) in [5, 5.41) is 0. The van der Waals surface area contributed by atoms with Gasteiger partial charge in [0.15, 0.2) is 0 Å². The molecule has 2 nitrogen and oxygen atoms in total. The number of nitrogens with zero attached hydrogens (tertiary/aromatic N) is 1. The van der Waals surface area contributed by atoms with Gasteiger partial charge in [-0.3, -0.25) is 0 Å². The Morgan fingerprint density at radius 2 is 1.04 bits per heavy atom. The Morgan fingerprint density at radius 3 is 1.46 bits per heavy atom. The molecule has 0 N–H and O–H groups in total. The van der Waals surface area contributed by atoms with Gasteiger partial charge >= 0.3 is 0 Å². The van der Waals surface area contributed by atoms with Crippen molar-refractivity contribution in [2.45, 2.75) is 96.8 Å². The fourth-order valence-electron chi connectivity index (χ4n) is 2.81. The number of hydrogen-bond donors (Lipinski definition) is 0. The Kier molecular flexibility index (Phi) is 18.4.